The largest absolute Gasteiger partial charge is 0.480 e. The lowest BCUT2D eigenvalue weighted by Crippen LogP contribution is -2.38. The number of aromatic nitrogens is 1. The minimum atomic E-state index is -1.09. The average molecular weight is 273 g/mol. The van der Waals surface area contributed by atoms with Crippen molar-refractivity contribution in [3.8, 4) is 0 Å². The van der Waals surface area contributed by atoms with Crippen LogP contribution in [0.4, 0.5) is 0 Å². The van der Waals surface area contributed by atoms with E-state index in [0.29, 0.717) is 0 Å². The second-order valence-electron chi connectivity index (χ2n) is 3.47. The van der Waals surface area contributed by atoms with Crippen molar-refractivity contribution in [2.45, 2.75) is 0 Å². The monoisotopic (exact) mass is 272 g/mol. The number of halogens is 1. The third-order valence-corrected chi connectivity index (χ3v) is 2.48. The van der Waals surface area contributed by atoms with Crippen LogP contribution in [0, 0.1) is 0 Å². The first-order valence-electron chi connectivity index (χ1n) is 5.15. The first kappa shape index (κ1) is 14.4. The molecule has 0 fully saturated rings. The van der Waals surface area contributed by atoms with E-state index in [4.69, 9.17) is 21.4 Å². The van der Waals surface area contributed by atoms with Crippen LogP contribution in [0.3, 0.4) is 0 Å². The first-order chi connectivity index (χ1) is 8.56. The number of hydrogen-bond acceptors (Lipinski definition) is 4. The van der Waals surface area contributed by atoms with Crippen LogP contribution < -0.4 is 0 Å². The van der Waals surface area contributed by atoms with Gasteiger partial charge in [0.2, 0.25) is 0 Å². The van der Waals surface area contributed by atoms with E-state index in [0.717, 1.165) is 4.90 Å². The Morgan fingerprint density at radius 1 is 1.56 bits per heavy atom. The van der Waals surface area contributed by atoms with E-state index in [-0.39, 0.29) is 23.7 Å². The summed E-state index contributed by atoms with van der Waals surface area (Å²) in [5, 5.41) is 8.96. The summed E-state index contributed by atoms with van der Waals surface area (Å²) in [6, 6.07) is 1.45. The summed E-state index contributed by atoms with van der Waals surface area (Å²) in [7, 11) is 1.48. The van der Waals surface area contributed by atoms with E-state index in [1.165, 1.54) is 25.6 Å². The lowest BCUT2D eigenvalue weighted by Gasteiger charge is -2.20. The molecule has 0 spiro atoms. The molecule has 1 amide bonds. The molecule has 6 nitrogen and oxygen atoms in total. The Morgan fingerprint density at radius 2 is 2.28 bits per heavy atom. The maximum Gasteiger partial charge on any atom is 0.323 e. The highest BCUT2D eigenvalue weighted by atomic mass is 35.5. The molecular weight excluding hydrogens is 260 g/mol. The van der Waals surface area contributed by atoms with Crippen LogP contribution in [0.15, 0.2) is 18.5 Å². The van der Waals surface area contributed by atoms with Gasteiger partial charge in [-0.3, -0.25) is 14.6 Å². The molecule has 0 saturated carbocycles. The van der Waals surface area contributed by atoms with Gasteiger partial charge >= 0.3 is 5.97 Å². The predicted molar refractivity (Wildman–Crippen MR) is 64.7 cm³/mol. The van der Waals surface area contributed by atoms with E-state index < -0.39 is 18.4 Å². The fraction of sp³-hybridized carbons (Fsp3) is 0.364. The van der Waals surface area contributed by atoms with Crippen molar-refractivity contribution >= 4 is 23.5 Å². The minimum absolute atomic E-state index is 0.181. The minimum Gasteiger partial charge on any atom is -0.480 e. The first-order valence-corrected chi connectivity index (χ1v) is 5.53. The van der Waals surface area contributed by atoms with E-state index in [1.54, 1.807) is 0 Å². The second-order valence-corrected chi connectivity index (χ2v) is 3.88. The van der Waals surface area contributed by atoms with Gasteiger partial charge in [0.25, 0.3) is 5.91 Å². The molecule has 0 aliphatic rings. The summed E-state index contributed by atoms with van der Waals surface area (Å²) >= 11 is 5.85. The number of amides is 1. The molecule has 0 aliphatic heterocycles. The molecule has 0 atom stereocenters. The molecule has 0 radical (unpaired) electrons. The summed E-state index contributed by atoms with van der Waals surface area (Å²) in [5.41, 5.74) is 0.226. The molecule has 1 heterocycles. The van der Waals surface area contributed by atoms with Crippen molar-refractivity contribution in [1.82, 2.24) is 9.88 Å². The number of carboxylic acids is 1. The zero-order valence-corrected chi connectivity index (χ0v) is 10.6. The second kappa shape index (κ2) is 6.93. The van der Waals surface area contributed by atoms with Crippen LogP contribution in [0.25, 0.3) is 0 Å². The van der Waals surface area contributed by atoms with Gasteiger partial charge in [-0.15, -0.1) is 0 Å². The summed E-state index contributed by atoms with van der Waals surface area (Å²) in [5.74, 6) is -1.55. The smallest absolute Gasteiger partial charge is 0.323 e. The Kier molecular flexibility index (Phi) is 5.54. The quantitative estimate of drug-likeness (QED) is 0.832. The van der Waals surface area contributed by atoms with E-state index in [2.05, 4.69) is 4.98 Å². The molecule has 98 valence electrons. The molecule has 0 aliphatic carbocycles. The van der Waals surface area contributed by atoms with Crippen LogP contribution in [-0.4, -0.2) is 53.7 Å². The maximum absolute atomic E-state index is 12.1. The highest BCUT2D eigenvalue weighted by Gasteiger charge is 2.20. The van der Waals surface area contributed by atoms with Gasteiger partial charge in [0.1, 0.15) is 6.54 Å². The number of ether oxygens (including phenoxy) is 1. The number of pyridine rings is 1. The van der Waals surface area contributed by atoms with E-state index in [9.17, 15) is 9.59 Å². The SMILES string of the molecule is COCCN(CC(=O)O)C(=O)c1ccncc1Cl. The molecule has 7 heteroatoms. The summed E-state index contributed by atoms with van der Waals surface area (Å²) in [6.45, 7) is 0.0306. The van der Waals surface area contributed by atoms with Crippen molar-refractivity contribution in [3.63, 3.8) is 0 Å². The number of methoxy groups -OCH3 is 1. The fourth-order valence-electron chi connectivity index (χ4n) is 1.34. The van der Waals surface area contributed by atoms with Crippen molar-refractivity contribution in [2.24, 2.45) is 0 Å². The van der Waals surface area contributed by atoms with Crippen LogP contribution in [0.1, 0.15) is 10.4 Å². The van der Waals surface area contributed by atoms with E-state index in [1.807, 2.05) is 0 Å². The van der Waals surface area contributed by atoms with Crippen molar-refractivity contribution < 1.29 is 19.4 Å². The third kappa shape index (κ3) is 3.97. The molecule has 18 heavy (non-hydrogen) atoms. The Hall–Kier alpha value is -1.66. The van der Waals surface area contributed by atoms with Gasteiger partial charge in [0, 0.05) is 26.0 Å². The van der Waals surface area contributed by atoms with Crippen molar-refractivity contribution in [1.29, 1.82) is 0 Å². The number of rotatable bonds is 6. The lowest BCUT2D eigenvalue weighted by molar-refractivity contribution is -0.137. The molecule has 0 bridgehead atoms. The molecule has 0 aromatic carbocycles. The summed E-state index contributed by atoms with van der Waals surface area (Å²) < 4.78 is 4.84. The highest BCUT2D eigenvalue weighted by molar-refractivity contribution is 6.33. The normalized spacial score (nSPS) is 10.1. The van der Waals surface area contributed by atoms with Gasteiger partial charge in [-0.2, -0.15) is 0 Å². The average Bonchev–Trinajstić information content (AvgIpc) is 2.34. The van der Waals surface area contributed by atoms with Crippen LogP contribution in [-0.2, 0) is 9.53 Å². The van der Waals surface area contributed by atoms with Crippen LogP contribution in [0.2, 0.25) is 5.02 Å². The van der Waals surface area contributed by atoms with Crippen molar-refractivity contribution in [2.75, 3.05) is 26.8 Å². The van der Waals surface area contributed by atoms with Gasteiger partial charge in [-0.25, -0.2) is 0 Å². The topological polar surface area (TPSA) is 79.7 Å². The van der Waals surface area contributed by atoms with Gasteiger partial charge in [0.15, 0.2) is 0 Å². The molecule has 0 unspecified atom stereocenters. The van der Waals surface area contributed by atoms with E-state index >= 15 is 0 Å². The highest BCUT2D eigenvalue weighted by Crippen LogP contribution is 2.15. The molecule has 1 aromatic heterocycles. The summed E-state index contributed by atoms with van der Waals surface area (Å²) in [6.07, 6.45) is 2.76. The molecular formula is C11H13ClN2O4. The van der Waals surface area contributed by atoms with Crippen LogP contribution >= 0.6 is 11.6 Å². The molecule has 1 aromatic rings. The zero-order chi connectivity index (χ0) is 13.5. The Balaban J connectivity index is 2.87. The number of hydrogen-bond donors (Lipinski definition) is 1. The lowest BCUT2D eigenvalue weighted by atomic mass is 10.2. The predicted octanol–water partition coefficient (Wildman–Crippen LogP) is 0.908. The fourth-order valence-corrected chi connectivity index (χ4v) is 1.54. The standard InChI is InChI=1S/C11H13ClN2O4/c1-18-5-4-14(7-10(15)16)11(17)8-2-3-13-6-9(8)12/h2-3,6H,4-5,7H2,1H3,(H,15,16). The number of carboxylic acid groups (broad SMARTS) is 1. The van der Waals surface area contributed by atoms with Gasteiger partial charge in [-0.05, 0) is 6.07 Å². The number of carbonyl (C=O) groups is 2. The molecule has 1 N–H and O–H groups in total. The Morgan fingerprint density at radius 3 is 2.83 bits per heavy atom. The Labute approximate surface area is 109 Å². The number of nitrogens with zero attached hydrogens (tertiary/aromatic N) is 2. The van der Waals surface area contributed by atoms with Gasteiger partial charge in [0.05, 0.1) is 17.2 Å². The van der Waals surface area contributed by atoms with Crippen LogP contribution in [0.5, 0.6) is 0 Å². The maximum atomic E-state index is 12.1. The molecule has 0 saturated heterocycles. The zero-order valence-electron chi connectivity index (χ0n) is 9.80. The third-order valence-electron chi connectivity index (χ3n) is 2.18. The summed E-state index contributed by atoms with van der Waals surface area (Å²) in [4.78, 5) is 27.7. The molecule has 1 rings (SSSR count). The van der Waals surface area contributed by atoms with Gasteiger partial charge < -0.3 is 14.7 Å². The Bertz CT molecular complexity index is 439. The number of carbonyl (C=O) groups excluding carboxylic acids is 1. The van der Waals surface area contributed by atoms with Gasteiger partial charge in [-0.1, -0.05) is 11.6 Å². The number of aliphatic carboxylic acids is 1. The van der Waals surface area contributed by atoms with Crippen molar-refractivity contribution in [3.05, 3.63) is 29.0 Å².